The smallest absolute Gasteiger partial charge is 0.317 e. The zero-order valence-electron chi connectivity index (χ0n) is 17.2. The summed E-state index contributed by atoms with van der Waals surface area (Å²) in [6.45, 7) is 1.73. The van der Waals surface area contributed by atoms with Crippen LogP contribution in [-0.4, -0.2) is 62.8 Å². The number of hydrogen-bond donors (Lipinski definition) is 1. The normalized spacial score (nSPS) is 17.8. The number of nitrogens with zero attached hydrogens (tertiary/aromatic N) is 1. The molecule has 0 spiro atoms. The summed E-state index contributed by atoms with van der Waals surface area (Å²) in [6, 6.07) is 0. The fourth-order valence-corrected chi connectivity index (χ4v) is 2.96. The van der Waals surface area contributed by atoms with Gasteiger partial charge in [-0.15, -0.1) is 0 Å². The third-order valence-electron chi connectivity index (χ3n) is 4.83. The van der Waals surface area contributed by atoms with Gasteiger partial charge < -0.3 is 10.2 Å². The van der Waals surface area contributed by atoms with E-state index < -0.39 is 55.3 Å². The van der Waals surface area contributed by atoms with Crippen molar-refractivity contribution >= 4 is 0 Å². The number of halogens is 10. The zero-order chi connectivity index (χ0) is 23.8. The summed E-state index contributed by atoms with van der Waals surface area (Å²) in [4.78, 5) is 1.95. The van der Waals surface area contributed by atoms with E-state index in [4.69, 9.17) is 0 Å². The van der Waals surface area contributed by atoms with E-state index in [9.17, 15) is 43.9 Å². The Balaban J connectivity index is 4.84. The minimum absolute atomic E-state index is 0.0540. The maximum Gasteiger partial charge on any atom is 0.422 e. The lowest BCUT2D eigenvalue weighted by Gasteiger charge is -2.32. The first-order valence-corrected chi connectivity index (χ1v) is 9.62. The largest absolute Gasteiger partial charge is 0.422 e. The molecule has 3 atom stereocenters. The summed E-state index contributed by atoms with van der Waals surface area (Å²) in [7, 11) is 3.76. The van der Waals surface area contributed by atoms with E-state index in [2.05, 4.69) is 5.32 Å². The molecule has 182 valence electrons. The number of unbranched alkanes of at least 4 members (excludes halogenated alkanes) is 1. The summed E-state index contributed by atoms with van der Waals surface area (Å²) < 4.78 is 130. The number of alkyl halides is 10. The Labute approximate surface area is 170 Å². The Bertz CT molecular complexity index is 469. The van der Waals surface area contributed by atoms with Crippen molar-refractivity contribution in [2.24, 2.45) is 11.8 Å². The standard InChI is InChI=1S/C18H30F10N2/c1-15(19,18(26,27)28)12-14(17(23,24)25)11-13(16(20,21)22)7-4-5-8-29-9-6-10-30(2)3/h13-14,29H,4-12H2,1-3H3. The Morgan fingerprint density at radius 2 is 1.23 bits per heavy atom. The SMILES string of the molecule is CN(C)CCCNCCCCC(CC(CC(C)(F)C(F)(F)F)C(F)(F)F)C(F)(F)F. The molecule has 30 heavy (non-hydrogen) atoms. The van der Waals surface area contributed by atoms with E-state index >= 15 is 0 Å². The average Bonchev–Trinajstić information content (AvgIpc) is 2.51. The summed E-state index contributed by atoms with van der Waals surface area (Å²) in [5.41, 5.74) is -4.24. The Morgan fingerprint density at radius 3 is 1.67 bits per heavy atom. The zero-order valence-corrected chi connectivity index (χ0v) is 17.2. The van der Waals surface area contributed by atoms with Gasteiger partial charge in [0.05, 0.1) is 11.8 Å². The molecule has 2 nitrogen and oxygen atoms in total. The van der Waals surface area contributed by atoms with Crippen molar-refractivity contribution in [3.8, 4) is 0 Å². The molecule has 0 rings (SSSR count). The predicted octanol–water partition coefficient (Wildman–Crippen LogP) is 6.13. The first-order chi connectivity index (χ1) is 13.4. The molecule has 3 unspecified atom stereocenters. The second-order valence-corrected chi connectivity index (χ2v) is 8.01. The second kappa shape index (κ2) is 11.7. The van der Waals surface area contributed by atoms with Crippen molar-refractivity contribution in [3.63, 3.8) is 0 Å². The fourth-order valence-electron chi connectivity index (χ4n) is 2.96. The predicted molar refractivity (Wildman–Crippen MR) is 93.8 cm³/mol. The molecule has 1 N–H and O–H groups in total. The van der Waals surface area contributed by atoms with E-state index in [1.807, 2.05) is 19.0 Å². The number of rotatable bonds is 13. The fraction of sp³-hybridized carbons (Fsp3) is 1.00. The van der Waals surface area contributed by atoms with Gasteiger partial charge in [0.1, 0.15) is 0 Å². The first kappa shape index (κ1) is 29.2. The van der Waals surface area contributed by atoms with Gasteiger partial charge in [-0.25, -0.2) is 4.39 Å². The molecular weight excluding hydrogens is 434 g/mol. The molecule has 0 radical (unpaired) electrons. The molecule has 0 aliphatic carbocycles. The van der Waals surface area contributed by atoms with Crippen molar-refractivity contribution < 1.29 is 43.9 Å². The minimum atomic E-state index is -5.61. The van der Waals surface area contributed by atoms with E-state index in [0.29, 0.717) is 13.1 Å². The number of hydrogen-bond acceptors (Lipinski definition) is 2. The van der Waals surface area contributed by atoms with Crippen molar-refractivity contribution in [2.75, 3.05) is 33.7 Å². The Kier molecular flexibility index (Phi) is 11.4. The van der Waals surface area contributed by atoms with Crippen LogP contribution >= 0.6 is 0 Å². The second-order valence-electron chi connectivity index (χ2n) is 8.01. The molecule has 12 heteroatoms. The molecule has 0 fully saturated rings. The lowest BCUT2D eigenvalue weighted by Crippen LogP contribution is -2.43. The molecular formula is C18H30F10N2. The maximum absolute atomic E-state index is 13.7. The molecule has 0 heterocycles. The highest BCUT2D eigenvalue weighted by Gasteiger charge is 2.57. The highest BCUT2D eigenvalue weighted by atomic mass is 19.4. The maximum atomic E-state index is 13.7. The van der Waals surface area contributed by atoms with Crippen LogP contribution in [0, 0.1) is 11.8 Å². The van der Waals surface area contributed by atoms with Crippen molar-refractivity contribution in [2.45, 2.75) is 69.6 Å². The van der Waals surface area contributed by atoms with E-state index in [1.165, 1.54) is 0 Å². The van der Waals surface area contributed by atoms with Gasteiger partial charge in [-0.2, -0.15) is 39.5 Å². The van der Waals surface area contributed by atoms with Gasteiger partial charge in [0.25, 0.3) is 0 Å². The summed E-state index contributed by atoms with van der Waals surface area (Å²) >= 11 is 0. The lowest BCUT2D eigenvalue weighted by atomic mass is 9.83. The van der Waals surface area contributed by atoms with Gasteiger partial charge >= 0.3 is 18.5 Å². The molecule has 0 bridgehead atoms. The highest BCUT2D eigenvalue weighted by Crippen LogP contribution is 2.47. The molecule has 0 saturated heterocycles. The Hall–Kier alpha value is -0.780. The molecule has 0 saturated carbocycles. The van der Waals surface area contributed by atoms with Crippen LogP contribution in [0.5, 0.6) is 0 Å². The molecule has 0 aromatic carbocycles. The topological polar surface area (TPSA) is 15.3 Å². The van der Waals surface area contributed by atoms with Gasteiger partial charge in [0.15, 0.2) is 0 Å². The van der Waals surface area contributed by atoms with Crippen LogP contribution in [-0.2, 0) is 0 Å². The minimum Gasteiger partial charge on any atom is -0.317 e. The molecule has 0 aliphatic rings. The van der Waals surface area contributed by atoms with Crippen LogP contribution in [0.25, 0.3) is 0 Å². The van der Waals surface area contributed by atoms with E-state index in [0.717, 1.165) is 13.0 Å². The lowest BCUT2D eigenvalue weighted by molar-refractivity contribution is -0.255. The average molecular weight is 464 g/mol. The quantitative estimate of drug-likeness (QED) is 0.261. The van der Waals surface area contributed by atoms with Crippen LogP contribution in [0.4, 0.5) is 43.9 Å². The van der Waals surface area contributed by atoms with Crippen LogP contribution in [0.2, 0.25) is 0 Å². The monoisotopic (exact) mass is 464 g/mol. The summed E-state index contributed by atoms with van der Waals surface area (Å²) in [6.07, 6.45) is -19.4. The van der Waals surface area contributed by atoms with Crippen molar-refractivity contribution in [1.82, 2.24) is 10.2 Å². The van der Waals surface area contributed by atoms with Gasteiger partial charge in [0.2, 0.25) is 5.67 Å². The van der Waals surface area contributed by atoms with Crippen molar-refractivity contribution in [3.05, 3.63) is 0 Å². The van der Waals surface area contributed by atoms with E-state index in [-0.39, 0.29) is 19.8 Å². The first-order valence-electron chi connectivity index (χ1n) is 9.62. The van der Waals surface area contributed by atoms with Crippen molar-refractivity contribution in [1.29, 1.82) is 0 Å². The summed E-state index contributed by atoms with van der Waals surface area (Å²) in [5.74, 6) is -5.51. The molecule has 0 aromatic rings. The van der Waals surface area contributed by atoms with Crippen LogP contribution < -0.4 is 5.32 Å². The van der Waals surface area contributed by atoms with Gasteiger partial charge in [0, 0.05) is 6.42 Å². The van der Waals surface area contributed by atoms with Crippen LogP contribution in [0.3, 0.4) is 0 Å². The molecule has 0 amide bonds. The summed E-state index contributed by atoms with van der Waals surface area (Å²) in [5, 5.41) is 3.00. The molecule has 0 aliphatic heterocycles. The van der Waals surface area contributed by atoms with Gasteiger partial charge in [-0.1, -0.05) is 6.42 Å². The van der Waals surface area contributed by atoms with Gasteiger partial charge in [-0.05, 0) is 66.3 Å². The highest BCUT2D eigenvalue weighted by molar-refractivity contribution is 4.89. The van der Waals surface area contributed by atoms with E-state index in [1.54, 1.807) is 0 Å². The molecule has 0 aromatic heterocycles. The third-order valence-corrected chi connectivity index (χ3v) is 4.83. The van der Waals surface area contributed by atoms with Crippen LogP contribution in [0.1, 0.15) is 45.4 Å². The van der Waals surface area contributed by atoms with Gasteiger partial charge in [-0.3, -0.25) is 0 Å². The van der Waals surface area contributed by atoms with Crippen LogP contribution in [0.15, 0.2) is 0 Å². The number of nitrogens with one attached hydrogen (secondary N) is 1. The third kappa shape index (κ3) is 11.6. The Morgan fingerprint density at radius 1 is 0.733 bits per heavy atom.